The van der Waals surface area contributed by atoms with Gasteiger partial charge in [-0.25, -0.2) is 8.42 Å². The smallest absolute Gasteiger partial charge is 0.744 e. The van der Waals surface area contributed by atoms with Gasteiger partial charge in [0.05, 0.1) is 16.0 Å². The molecule has 22 heavy (non-hydrogen) atoms. The molecule has 0 radical (unpaired) electrons. The third kappa shape index (κ3) is 3.30. The van der Waals surface area contributed by atoms with E-state index in [0.29, 0.717) is 6.07 Å². The van der Waals surface area contributed by atoms with Crippen LogP contribution in [0.25, 0.3) is 10.8 Å². The van der Waals surface area contributed by atoms with Crippen molar-refractivity contribution >= 4 is 36.7 Å². The first-order valence-corrected chi connectivity index (χ1v) is 7.99. The molecule has 2 aromatic rings. The van der Waals surface area contributed by atoms with Gasteiger partial charge >= 0.3 is 29.6 Å². The van der Waals surface area contributed by atoms with Crippen molar-refractivity contribution in [1.82, 2.24) is 0 Å². The predicted molar refractivity (Wildman–Crippen MR) is 69.5 cm³/mol. The Hall–Kier alpha value is -1.08. The molecule has 0 heterocycles. The summed E-state index contributed by atoms with van der Waals surface area (Å²) in [5.41, 5.74) is 4.62. The van der Waals surface area contributed by atoms with Crippen LogP contribution in [0.15, 0.2) is 28.0 Å². The first kappa shape index (κ1) is 19.0. The number of nitrogen functional groups attached to an aromatic ring is 1. The van der Waals surface area contributed by atoms with Crippen LogP contribution in [0.5, 0.6) is 11.5 Å². The normalized spacial score (nSPS) is 12.1. The fourth-order valence-electron chi connectivity index (χ4n) is 1.82. The molecule has 9 nitrogen and oxygen atoms in total. The molecule has 12 heteroatoms. The Balaban J connectivity index is 0.00000242. The maximum Gasteiger partial charge on any atom is 1.00 e. The molecule has 114 valence electrons. The summed E-state index contributed by atoms with van der Waals surface area (Å²) in [6.45, 7) is 0. The number of phenolic OH excluding ortho intramolecular Hbond substituents is 2. The van der Waals surface area contributed by atoms with Gasteiger partial charge in [0, 0.05) is 0 Å². The van der Waals surface area contributed by atoms with Gasteiger partial charge in [-0.3, -0.25) is 4.55 Å². The maximum absolute atomic E-state index is 11.1. The number of rotatable bonds is 2. The molecule has 0 fully saturated rings. The third-order valence-corrected chi connectivity index (χ3v) is 4.44. The maximum atomic E-state index is 11.1. The number of anilines is 1. The van der Waals surface area contributed by atoms with Crippen LogP contribution in [-0.2, 0) is 20.2 Å². The van der Waals surface area contributed by atoms with Gasteiger partial charge in [-0.15, -0.1) is 0 Å². The van der Waals surface area contributed by atoms with Crippen molar-refractivity contribution in [2.24, 2.45) is 0 Å². The second kappa shape index (κ2) is 5.85. The number of nitrogens with two attached hydrogens (primary N) is 1. The van der Waals surface area contributed by atoms with Crippen LogP contribution in [0.4, 0.5) is 5.69 Å². The van der Waals surface area contributed by atoms with Crippen LogP contribution >= 0.6 is 0 Å². The van der Waals surface area contributed by atoms with E-state index < -0.39 is 47.2 Å². The van der Waals surface area contributed by atoms with Gasteiger partial charge < -0.3 is 20.5 Å². The van der Waals surface area contributed by atoms with E-state index in [1.54, 1.807) is 0 Å². The van der Waals surface area contributed by atoms with Gasteiger partial charge in [-0.05, 0) is 23.6 Å². The molecule has 0 aromatic heterocycles. The van der Waals surface area contributed by atoms with Gasteiger partial charge in [0.1, 0.15) is 20.8 Å². The molecule has 0 spiro atoms. The summed E-state index contributed by atoms with van der Waals surface area (Å²) in [7, 11) is -9.73. The Morgan fingerprint density at radius 2 is 1.59 bits per heavy atom. The van der Waals surface area contributed by atoms with Crippen LogP contribution < -0.4 is 35.3 Å². The Bertz CT molecular complexity index is 968. The van der Waals surface area contributed by atoms with E-state index >= 15 is 0 Å². The molecule has 0 unspecified atom stereocenters. The number of phenols is 2. The molecule has 0 aliphatic rings. The predicted octanol–water partition coefficient (Wildman–Crippen LogP) is -3.01. The second-order valence-electron chi connectivity index (χ2n) is 4.11. The number of fused-ring (bicyclic) bond motifs is 1. The summed E-state index contributed by atoms with van der Waals surface area (Å²) in [5, 5.41) is 18.8. The fourth-order valence-corrected chi connectivity index (χ4v) is 3.00. The van der Waals surface area contributed by atoms with Crippen molar-refractivity contribution in [3.05, 3.63) is 18.2 Å². The molecule has 0 saturated heterocycles. The second-order valence-corrected chi connectivity index (χ2v) is 6.88. The van der Waals surface area contributed by atoms with Gasteiger partial charge in [-0.2, -0.15) is 8.42 Å². The van der Waals surface area contributed by atoms with Gasteiger partial charge in [0.25, 0.3) is 10.1 Å². The Morgan fingerprint density at radius 3 is 2.05 bits per heavy atom. The minimum Gasteiger partial charge on any atom is -0.744 e. The van der Waals surface area contributed by atoms with Gasteiger partial charge in [0.2, 0.25) is 0 Å². The van der Waals surface area contributed by atoms with Crippen LogP contribution in [0.3, 0.4) is 0 Å². The summed E-state index contributed by atoms with van der Waals surface area (Å²) in [5.74, 6) is -1.65. The zero-order chi connectivity index (χ0) is 16.2. The standard InChI is InChI=1S/C10H9NO8S2.Na/c11-9-7(21(17,18)19)2-4-1-5(20(14,15)16)3-6(12)8(4)10(9)13;/h1-3,12-13H,11H2,(H,14,15,16)(H,17,18,19);/q;+1/p-1. The van der Waals surface area contributed by atoms with Crippen LogP contribution in [-0.4, -0.2) is 36.2 Å². The Kier molecular flexibility index (Phi) is 5.04. The van der Waals surface area contributed by atoms with E-state index in [4.69, 9.17) is 10.3 Å². The molecule has 0 aliphatic carbocycles. The van der Waals surface area contributed by atoms with E-state index in [9.17, 15) is 31.6 Å². The van der Waals surface area contributed by atoms with E-state index in [1.807, 2.05) is 0 Å². The Labute approximate surface area is 147 Å². The average molecular weight is 357 g/mol. The number of hydrogen-bond acceptors (Lipinski definition) is 8. The Morgan fingerprint density at radius 1 is 1.05 bits per heavy atom. The number of benzene rings is 2. The van der Waals surface area contributed by atoms with Crippen molar-refractivity contribution in [1.29, 1.82) is 0 Å². The quantitative estimate of drug-likeness (QED) is 0.188. The van der Waals surface area contributed by atoms with Crippen LogP contribution in [0.1, 0.15) is 0 Å². The van der Waals surface area contributed by atoms with Gasteiger partial charge in [0.15, 0.2) is 5.75 Å². The van der Waals surface area contributed by atoms with Gasteiger partial charge in [-0.1, -0.05) is 0 Å². The fraction of sp³-hybridized carbons (Fsp3) is 0. The molecule has 0 saturated carbocycles. The molecular weight excluding hydrogens is 349 g/mol. The van der Waals surface area contributed by atoms with E-state index in [-0.39, 0.29) is 40.3 Å². The van der Waals surface area contributed by atoms with E-state index in [0.717, 1.165) is 12.1 Å². The van der Waals surface area contributed by atoms with Crippen LogP contribution in [0, 0.1) is 0 Å². The topological polar surface area (TPSA) is 178 Å². The molecule has 2 rings (SSSR count). The van der Waals surface area contributed by atoms with Crippen LogP contribution in [0.2, 0.25) is 0 Å². The number of hydrogen-bond donors (Lipinski definition) is 4. The minimum atomic E-state index is -4.92. The summed E-state index contributed by atoms with van der Waals surface area (Å²) >= 11 is 0. The molecule has 5 N–H and O–H groups in total. The number of aromatic hydroxyl groups is 2. The first-order chi connectivity index (χ1) is 9.43. The molecule has 0 aliphatic heterocycles. The summed E-state index contributed by atoms with van der Waals surface area (Å²) < 4.78 is 64.1. The summed E-state index contributed by atoms with van der Waals surface area (Å²) in [6.07, 6.45) is 0. The molecule has 2 aromatic carbocycles. The summed E-state index contributed by atoms with van der Waals surface area (Å²) in [6, 6.07) is 2.07. The average Bonchev–Trinajstić information content (AvgIpc) is 2.30. The minimum absolute atomic E-state index is 0. The molecular formula is C10H8NNaO8S2. The largest absolute Gasteiger partial charge is 1.00 e. The van der Waals surface area contributed by atoms with E-state index in [1.165, 1.54) is 0 Å². The molecule has 0 bridgehead atoms. The van der Waals surface area contributed by atoms with E-state index in [2.05, 4.69) is 0 Å². The summed E-state index contributed by atoms with van der Waals surface area (Å²) in [4.78, 5) is -1.72. The van der Waals surface area contributed by atoms with Crippen molar-refractivity contribution in [2.75, 3.05) is 5.73 Å². The van der Waals surface area contributed by atoms with Crippen molar-refractivity contribution in [2.45, 2.75) is 9.79 Å². The SMILES string of the molecule is Nc1c(S(=O)(=O)O)cc2cc(S(=O)(=O)[O-])cc(O)c2c1O.[Na+]. The van der Waals surface area contributed by atoms with Crippen molar-refractivity contribution in [3.8, 4) is 11.5 Å². The zero-order valence-corrected chi connectivity index (χ0v) is 14.6. The molecule has 0 atom stereocenters. The molecule has 0 amide bonds. The van der Waals surface area contributed by atoms with Crippen molar-refractivity contribution < 1.29 is 65.7 Å². The zero-order valence-electron chi connectivity index (χ0n) is 11.0. The third-order valence-electron chi connectivity index (χ3n) is 2.73. The monoisotopic (exact) mass is 357 g/mol. The first-order valence-electron chi connectivity index (χ1n) is 5.14. The van der Waals surface area contributed by atoms with Crippen molar-refractivity contribution in [3.63, 3.8) is 0 Å².